The summed E-state index contributed by atoms with van der Waals surface area (Å²) in [4.78, 5) is 34.9. The lowest BCUT2D eigenvalue weighted by Crippen LogP contribution is -2.42. The zero-order chi connectivity index (χ0) is 15.8. The van der Waals surface area contributed by atoms with Crippen LogP contribution in [0.2, 0.25) is 0 Å². The van der Waals surface area contributed by atoms with Gasteiger partial charge in [-0.1, -0.05) is 5.21 Å². The second kappa shape index (κ2) is 7.82. The van der Waals surface area contributed by atoms with Crippen LogP contribution in [0.3, 0.4) is 0 Å². The Bertz CT molecular complexity index is 515. The van der Waals surface area contributed by atoms with E-state index in [-0.39, 0.29) is 25.5 Å². The van der Waals surface area contributed by atoms with E-state index >= 15 is 0 Å². The van der Waals surface area contributed by atoms with E-state index in [1.54, 1.807) is 7.05 Å². The molecular formula is C11H18N6O4. The first-order chi connectivity index (χ1) is 9.92. The summed E-state index contributed by atoms with van der Waals surface area (Å²) in [5.41, 5.74) is 0.420. The summed E-state index contributed by atoms with van der Waals surface area (Å²) < 4.78 is 1.15. The number of likely N-dealkylation sites (N-methyl/N-ethyl adjacent to an activating group) is 1. The Morgan fingerprint density at radius 2 is 2.10 bits per heavy atom. The Kier molecular flexibility index (Phi) is 6.11. The first-order valence-electron chi connectivity index (χ1n) is 6.28. The van der Waals surface area contributed by atoms with E-state index in [4.69, 9.17) is 5.11 Å². The minimum absolute atomic E-state index is 0.0866. The maximum absolute atomic E-state index is 11.5. The molecule has 3 N–H and O–H groups in total. The van der Waals surface area contributed by atoms with Gasteiger partial charge in [0, 0.05) is 13.6 Å². The van der Waals surface area contributed by atoms with E-state index in [0.29, 0.717) is 12.2 Å². The molecule has 21 heavy (non-hydrogen) atoms. The number of hydrogen-bond donors (Lipinski definition) is 3. The van der Waals surface area contributed by atoms with E-state index in [1.165, 1.54) is 11.1 Å². The highest BCUT2D eigenvalue weighted by Crippen LogP contribution is 1.92. The van der Waals surface area contributed by atoms with E-state index in [0.717, 1.165) is 4.68 Å². The average molecular weight is 298 g/mol. The van der Waals surface area contributed by atoms with Crippen molar-refractivity contribution < 1.29 is 19.5 Å². The fourth-order valence-electron chi connectivity index (χ4n) is 1.34. The van der Waals surface area contributed by atoms with Gasteiger partial charge in [0.1, 0.15) is 12.2 Å². The molecule has 1 aromatic heterocycles. The smallest absolute Gasteiger partial charge is 0.325 e. The van der Waals surface area contributed by atoms with Crippen LogP contribution < -0.4 is 10.6 Å². The van der Waals surface area contributed by atoms with Crippen molar-refractivity contribution in [2.24, 2.45) is 0 Å². The van der Waals surface area contributed by atoms with Crippen LogP contribution in [0.25, 0.3) is 0 Å². The molecule has 0 aromatic carbocycles. The van der Waals surface area contributed by atoms with Crippen LogP contribution in [-0.4, -0.2) is 63.0 Å². The molecule has 0 aliphatic heterocycles. The van der Waals surface area contributed by atoms with Gasteiger partial charge in [0.2, 0.25) is 5.91 Å². The van der Waals surface area contributed by atoms with Crippen LogP contribution in [0.1, 0.15) is 12.6 Å². The summed E-state index contributed by atoms with van der Waals surface area (Å²) in [6.07, 6.45) is 1.42. The van der Waals surface area contributed by atoms with E-state index < -0.39 is 12.0 Å². The van der Waals surface area contributed by atoms with E-state index in [2.05, 4.69) is 20.9 Å². The quantitative estimate of drug-likeness (QED) is 0.570. The molecule has 1 aromatic rings. The molecule has 3 amide bonds. The standard InChI is InChI=1S/C11H18N6O4/c1-3-16(2)9(18)5-13-11(21)12-4-8-6-17(15-14-8)7-10(19)20/h6H,3-5,7H2,1-2H3,(H,19,20)(H2,12,13,21). The van der Waals surface area contributed by atoms with Crippen molar-refractivity contribution in [3.63, 3.8) is 0 Å². The fourth-order valence-corrected chi connectivity index (χ4v) is 1.34. The lowest BCUT2D eigenvalue weighted by atomic mass is 10.4. The number of hydrogen-bond acceptors (Lipinski definition) is 5. The normalized spacial score (nSPS) is 10.0. The predicted molar refractivity (Wildman–Crippen MR) is 71.2 cm³/mol. The van der Waals surface area contributed by atoms with Crippen LogP contribution in [0.5, 0.6) is 0 Å². The van der Waals surface area contributed by atoms with Gasteiger partial charge in [-0.3, -0.25) is 9.59 Å². The molecule has 0 atom stereocenters. The third-order valence-electron chi connectivity index (χ3n) is 2.61. The summed E-state index contributed by atoms with van der Waals surface area (Å²) in [6.45, 7) is 2.09. The molecule has 1 rings (SSSR count). The van der Waals surface area contributed by atoms with Crippen LogP contribution in [0.15, 0.2) is 6.20 Å². The van der Waals surface area contributed by atoms with Gasteiger partial charge in [-0.2, -0.15) is 0 Å². The third-order valence-corrected chi connectivity index (χ3v) is 2.61. The highest BCUT2D eigenvalue weighted by Gasteiger charge is 2.09. The van der Waals surface area contributed by atoms with Crippen LogP contribution in [-0.2, 0) is 22.7 Å². The Hall–Kier alpha value is -2.65. The first-order valence-corrected chi connectivity index (χ1v) is 6.28. The predicted octanol–water partition coefficient (Wildman–Crippen LogP) is -1.36. The molecule has 116 valence electrons. The summed E-state index contributed by atoms with van der Waals surface area (Å²) in [7, 11) is 1.64. The maximum atomic E-state index is 11.5. The summed E-state index contributed by atoms with van der Waals surface area (Å²) in [6, 6.07) is -0.513. The Morgan fingerprint density at radius 1 is 1.38 bits per heavy atom. The van der Waals surface area contributed by atoms with Gasteiger partial charge in [0.05, 0.1) is 19.3 Å². The van der Waals surface area contributed by atoms with Gasteiger partial charge in [-0.25, -0.2) is 9.48 Å². The minimum atomic E-state index is -1.03. The molecule has 0 radical (unpaired) electrons. The zero-order valence-corrected chi connectivity index (χ0v) is 11.9. The van der Waals surface area contributed by atoms with Gasteiger partial charge < -0.3 is 20.6 Å². The van der Waals surface area contributed by atoms with E-state index in [1.807, 2.05) is 6.92 Å². The molecule has 10 heteroatoms. The monoisotopic (exact) mass is 298 g/mol. The number of nitrogens with one attached hydrogen (secondary N) is 2. The van der Waals surface area contributed by atoms with Gasteiger partial charge in [0.25, 0.3) is 0 Å². The van der Waals surface area contributed by atoms with Gasteiger partial charge in [0.15, 0.2) is 0 Å². The van der Waals surface area contributed by atoms with Crippen molar-refractivity contribution >= 4 is 17.9 Å². The molecule has 0 saturated carbocycles. The summed E-state index contributed by atoms with van der Waals surface area (Å²) in [5.74, 6) is -1.23. The van der Waals surface area contributed by atoms with Crippen molar-refractivity contribution in [2.45, 2.75) is 20.0 Å². The number of carboxylic acids is 1. The number of aliphatic carboxylic acids is 1. The number of urea groups is 1. The first kappa shape index (κ1) is 16.4. The minimum Gasteiger partial charge on any atom is -0.480 e. The molecule has 0 aliphatic rings. The average Bonchev–Trinajstić information content (AvgIpc) is 2.88. The number of aromatic nitrogens is 3. The number of carbonyl (C=O) groups is 3. The lowest BCUT2D eigenvalue weighted by molar-refractivity contribution is -0.138. The van der Waals surface area contributed by atoms with Crippen molar-refractivity contribution in [1.29, 1.82) is 0 Å². The third kappa shape index (κ3) is 5.89. The number of amides is 3. The van der Waals surface area contributed by atoms with Crippen LogP contribution in [0, 0.1) is 0 Å². The lowest BCUT2D eigenvalue weighted by Gasteiger charge is -2.14. The molecule has 0 bridgehead atoms. The second-order valence-electron chi connectivity index (χ2n) is 4.25. The van der Waals surface area contributed by atoms with Crippen molar-refractivity contribution in [3.05, 3.63) is 11.9 Å². The van der Waals surface area contributed by atoms with Crippen molar-refractivity contribution in [1.82, 2.24) is 30.5 Å². The maximum Gasteiger partial charge on any atom is 0.325 e. The topological polar surface area (TPSA) is 129 Å². The molecule has 0 fully saturated rings. The Morgan fingerprint density at radius 3 is 2.71 bits per heavy atom. The second-order valence-corrected chi connectivity index (χ2v) is 4.25. The highest BCUT2D eigenvalue weighted by molar-refractivity contribution is 5.83. The Labute approximate surface area is 121 Å². The largest absolute Gasteiger partial charge is 0.480 e. The molecule has 0 saturated heterocycles. The van der Waals surface area contributed by atoms with Crippen LogP contribution >= 0.6 is 0 Å². The molecule has 0 unspecified atom stereocenters. The summed E-state index contributed by atoms with van der Waals surface area (Å²) in [5, 5.41) is 20.8. The Balaban J connectivity index is 2.31. The van der Waals surface area contributed by atoms with Gasteiger partial charge >= 0.3 is 12.0 Å². The fraction of sp³-hybridized carbons (Fsp3) is 0.545. The van der Waals surface area contributed by atoms with E-state index in [9.17, 15) is 14.4 Å². The number of carboxylic acid groups (broad SMARTS) is 1. The van der Waals surface area contributed by atoms with Gasteiger partial charge in [-0.15, -0.1) is 5.10 Å². The molecule has 1 heterocycles. The van der Waals surface area contributed by atoms with Crippen molar-refractivity contribution in [2.75, 3.05) is 20.1 Å². The number of carbonyl (C=O) groups excluding carboxylic acids is 2. The number of rotatable bonds is 7. The van der Waals surface area contributed by atoms with Crippen molar-refractivity contribution in [3.8, 4) is 0 Å². The molecule has 0 aliphatic carbocycles. The zero-order valence-electron chi connectivity index (χ0n) is 11.9. The molecular weight excluding hydrogens is 280 g/mol. The van der Waals surface area contributed by atoms with Gasteiger partial charge in [-0.05, 0) is 6.92 Å². The SMILES string of the molecule is CCN(C)C(=O)CNC(=O)NCc1cn(CC(=O)O)nn1. The highest BCUT2D eigenvalue weighted by atomic mass is 16.4. The van der Waals surface area contributed by atoms with Crippen LogP contribution in [0.4, 0.5) is 4.79 Å². The number of nitrogens with zero attached hydrogens (tertiary/aromatic N) is 4. The molecule has 0 spiro atoms. The summed E-state index contributed by atoms with van der Waals surface area (Å²) >= 11 is 0. The molecule has 10 nitrogen and oxygen atoms in total.